The minimum atomic E-state index is -0.494. The molecule has 0 fully saturated rings. The van der Waals surface area contributed by atoms with Crippen LogP contribution in [0.1, 0.15) is 34.6 Å². The molecule has 2 aromatic rings. The molecule has 4 nitrogen and oxygen atoms in total. The zero-order chi connectivity index (χ0) is 13.9. The van der Waals surface area contributed by atoms with Gasteiger partial charge in [0, 0.05) is 18.2 Å². The van der Waals surface area contributed by atoms with Crippen LogP contribution in [0.2, 0.25) is 0 Å². The minimum absolute atomic E-state index is 0.209. The zero-order valence-corrected chi connectivity index (χ0v) is 11.1. The maximum atomic E-state index is 12.2. The highest BCUT2D eigenvalue weighted by Gasteiger charge is 2.35. The average Bonchev–Trinajstić information content (AvgIpc) is 2.75. The van der Waals surface area contributed by atoms with E-state index in [1.807, 2.05) is 25.1 Å². The summed E-state index contributed by atoms with van der Waals surface area (Å²) in [4.78, 5) is 24.0. The van der Waals surface area contributed by atoms with Crippen molar-refractivity contribution in [2.24, 2.45) is 0 Å². The topological polar surface area (TPSA) is 48.3 Å². The molecule has 4 heteroatoms. The molecule has 0 bridgehead atoms. The van der Waals surface area contributed by atoms with Crippen LogP contribution in [-0.4, -0.2) is 10.5 Å². The average molecular weight is 267 g/mol. The molecule has 0 amide bonds. The number of benzene rings is 1. The molecule has 0 spiro atoms. The fraction of sp³-hybridized carbons (Fsp3) is 0.250. The van der Waals surface area contributed by atoms with Crippen molar-refractivity contribution in [3.63, 3.8) is 0 Å². The van der Waals surface area contributed by atoms with Gasteiger partial charge in [-0.3, -0.25) is 4.79 Å². The number of esters is 1. The maximum absolute atomic E-state index is 12.2. The highest BCUT2D eigenvalue weighted by atomic mass is 16.5. The summed E-state index contributed by atoms with van der Waals surface area (Å²) in [6.45, 7) is 2.59. The number of carbonyl (C=O) groups is 1. The molecule has 4 rings (SSSR count). The molecule has 0 N–H and O–H groups in total. The standard InChI is InChI=1S/C16H13NO3/c1-9-15-14(16(19)20-9)13(18)8-12-11-5-3-2-4-10(11)6-7-17(12)15/h2-5,8-9H,6-7H2,1H3/t9-/m1/s1. The van der Waals surface area contributed by atoms with Crippen LogP contribution in [0.25, 0.3) is 11.3 Å². The van der Waals surface area contributed by atoms with Crippen LogP contribution in [0.5, 0.6) is 0 Å². The van der Waals surface area contributed by atoms with E-state index < -0.39 is 5.97 Å². The number of nitrogens with zero attached hydrogens (tertiary/aromatic N) is 1. The van der Waals surface area contributed by atoms with E-state index in [4.69, 9.17) is 4.74 Å². The lowest BCUT2D eigenvalue weighted by Gasteiger charge is -2.25. The molecule has 2 aliphatic heterocycles. The third-order valence-corrected chi connectivity index (χ3v) is 4.12. The van der Waals surface area contributed by atoms with Gasteiger partial charge in [0.1, 0.15) is 11.7 Å². The van der Waals surface area contributed by atoms with Crippen molar-refractivity contribution < 1.29 is 9.53 Å². The van der Waals surface area contributed by atoms with Gasteiger partial charge in [0.25, 0.3) is 0 Å². The first-order chi connectivity index (χ1) is 9.66. The minimum Gasteiger partial charge on any atom is -0.452 e. The highest BCUT2D eigenvalue weighted by molar-refractivity contribution is 5.94. The summed E-state index contributed by atoms with van der Waals surface area (Å²) in [5, 5.41) is 0. The second kappa shape index (κ2) is 3.82. The lowest BCUT2D eigenvalue weighted by Crippen LogP contribution is -2.23. The number of hydrogen-bond donors (Lipinski definition) is 0. The highest BCUT2D eigenvalue weighted by Crippen LogP contribution is 2.35. The number of aryl methyl sites for hydroxylation is 1. The van der Waals surface area contributed by atoms with Crippen LogP contribution in [0.15, 0.2) is 35.1 Å². The van der Waals surface area contributed by atoms with Gasteiger partial charge in [-0.1, -0.05) is 24.3 Å². The monoisotopic (exact) mass is 267 g/mol. The number of hydrogen-bond acceptors (Lipinski definition) is 3. The summed E-state index contributed by atoms with van der Waals surface area (Å²) in [5.41, 5.74) is 3.90. The molecule has 1 aromatic heterocycles. The van der Waals surface area contributed by atoms with Crippen LogP contribution in [-0.2, 0) is 17.7 Å². The first-order valence-electron chi connectivity index (χ1n) is 6.74. The molecular weight excluding hydrogens is 254 g/mol. The summed E-state index contributed by atoms with van der Waals surface area (Å²) in [6.07, 6.45) is 0.551. The van der Waals surface area contributed by atoms with Gasteiger partial charge in [-0.2, -0.15) is 0 Å². The van der Waals surface area contributed by atoms with Crippen LogP contribution < -0.4 is 5.43 Å². The van der Waals surface area contributed by atoms with Crippen molar-refractivity contribution in [3.8, 4) is 11.3 Å². The quantitative estimate of drug-likeness (QED) is 0.688. The number of carbonyl (C=O) groups excluding carboxylic acids is 1. The van der Waals surface area contributed by atoms with Gasteiger partial charge < -0.3 is 9.30 Å². The van der Waals surface area contributed by atoms with Crippen LogP contribution in [0, 0.1) is 0 Å². The fourth-order valence-corrected chi connectivity index (χ4v) is 3.25. The lowest BCUT2D eigenvalue weighted by molar-refractivity contribution is 0.0413. The van der Waals surface area contributed by atoms with E-state index in [9.17, 15) is 9.59 Å². The molecule has 1 atom stereocenters. The van der Waals surface area contributed by atoms with Crippen LogP contribution in [0.4, 0.5) is 0 Å². The normalized spacial score (nSPS) is 19.1. The van der Waals surface area contributed by atoms with Crippen molar-refractivity contribution in [1.82, 2.24) is 4.57 Å². The van der Waals surface area contributed by atoms with Crippen molar-refractivity contribution in [3.05, 3.63) is 57.4 Å². The molecule has 100 valence electrons. The summed E-state index contributed by atoms with van der Waals surface area (Å²) in [6, 6.07) is 9.65. The number of cyclic esters (lactones) is 1. The molecule has 3 heterocycles. The molecule has 0 saturated carbocycles. The summed E-state index contributed by atoms with van der Waals surface area (Å²) in [7, 11) is 0. The van der Waals surface area contributed by atoms with Crippen LogP contribution >= 0.6 is 0 Å². The van der Waals surface area contributed by atoms with Gasteiger partial charge in [0.05, 0.1) is 11.4 Å². The Kier molecular flexibility index (Phi) is 2.19. The Morgan fingerprint density at radius 3 is 2.90 bits per heavy atom. The second-order valence-corrected chi connectivity index (χ2v) is 5.26. The molecule has 0 radical (unpaired) electrons. The van der Waals surface area contributed by atoms with Gasteiger partial charge in [0.15, 0.2) is 5.43 Å². The number of pyridine rings is 1. The first-order valence-corrected chi connectivity index (χ1v) is 6.74. The van der Waals surface area contributed by atoms with Crippen molar-refractivity contribution in [1.29, 1.82) is 0 Å². The van der Waals surface area contributed by atoms with Crippen molar-refractivity contribution in [2.45, 2.75) is 26.0 Å². The number of aromatic nitrogens is 1. The molecule has 0 aliphatic carbocycles. The van der Waals surface area contributed by atoms with Crippen molar-refractivity contribution >= 4 is 5.97 Å². The first kappa shape index (κ1) is 11.5. The fourth-order valence-electron chi connectivity index (χ4n) is 3.25. The van der Waals surface area contributed by atoms with E-state index in [0.717, 1.165) is 29.9 Å². The summed E-state index contributed by atoms with van der Waals surface area (Å²) >= 11 is 0. The Labute approximate surface area is 115 Å². The second-order valence-electron chi connectivity index (χ2n) is 5.26. The maximum Gasteiger partial charge on any atom is 0.344 e. The SMILES string of the molecule is C[C@H]1OC(=O)c2c1n1c(cc2=O)-c2ccccc2CC1. The smallest absolute Gasteiger partial charge is 0.344 e. The Morgan fingerprint density at radius 2 is 2.05 bits per heavy atom. The van der Waals surface area contributed by atoms with Gasteiger partial charge in [0.2, 0.25) is 0 Å². The van der Waals surface area contributed by atoms with E-state index in [2.05, 4.69) is 10.6 Å². The zero-order valence-electron chi connectivity index (χ0n) is 11.1. The predicted octanol–water partition coefficient (Wildman–Crippen LogP) is 2.30. The van der Waals surface area contributed by atoms with Gasteiger partial charge in [-0.25, -0.2) is 4.79 Å². The van der Waals surface area contributed by atoms with Gasteiger partial charge >= 0.3 is 5.97 Å². The van der Waals surface area contributed by atoms with Gasteiger partial charge in [-0.05, 0) is 18.9 Å². The van der Waals surface area contributed by atoms with E-state index in [1.54, 1.807) is 6.07 Å². The third-order valence-electron chi connectivity index (χ3n) is 4.12. The summed E-state index contributed by atoms with van der Waals surface area (Å²) < 4.78 is 7.27. The molecule has 1 aromatic carbocycles. The van der Waals surface area contributed by atoms with E-state index in [-0.39, 0.29) is 17.1 Å². The Morgan fingerprint density at radius 1 is 1.25 bits per heavy atom. The number of ether oxygens (including phenoxy) is 1. The summed E-state index contributed by atoms with van der Waals surface area (Å²) in [5.74, 6) is -0.494. The predicted molar refractivity (Wildman–Crippen MR) is 73.7 cm³/mol. The molecule has 20 heavy (non-hydrogen) atoms. The third kappa shape index (κ3) is 1.36. The van der Waals surface area contributed by atoms with Crippen LogP contribution in [0.3, 0.4) is 0 Å². The number of rotatable bonds is 0. The molecule has 2 aliphatic rings. The molecule has 0 saturated heterocycles. The largest absolute Gasteiger partial charge is 0.452 e. The van der Waals surface area contributed by atoms with Crippen molar-refractivity contribution in [2.75, 3.05) is 0 Å². The van der Waals surface area contributed by atoms with Gasteiger partial charge in [-0.15, -0.1) is 0 Å². The van der Waals surface area contributed by atoms with E-state index in [0.29, 0.717) is 0 Å². The Bertz CT molecular complexity index is 804. The van der Waals surface area contributed by atoms with E-state index in [1.165, 1.54) is 5.56 Å². The Hall–Kier alpha value is -2.36. The Balaban J connectivity index is 2.09. The lowest BCUT2D eigenvalue weighted by atomic mass is 9.95. The van der Waals surface area contributed by atoms with E-state index >= 15 is 0 Å². The molecular formula is C16H13NO3. The number of fused-ring (bicyclic) bond motifs is 5. The molecule has 0 unspecified atom stereocenters.